The zero-order chi connectivity index (χ0) is 24.1. The normalized spacial score (nSPS) is 19.5. The summed E-state index contributed by atoms with van der Waals surface area (Å²) in [4.78, 5) is 27.8. The summed E-state index contributed by atoms with van der Waals surface area (Å²) in [6.45, 7) is 9.60. The minimum absolute atomic E-state index is 0.0148. The van der Waals surface area contributed by atoms with Crippen LogP contribution in [0.2, 0.25) is 10.0 Å². The van der Waals surface area contributed by atoms with Crippen molar-refractivity contribution in [2.45, 2.75) is 64.5 Å². The second-order valence-electron chi connectivity index (χ2n) is 8.70. The average molecular weight is 484 g/mol. The second-order valence-corrected chi connectivity index (χ2v) is 9.57. The van der Waals surface area contributed by atoms with Gasteiger partial charge in [-0.15, -0.1) is 6.58 Å². The Hall–Kier alpha value is -2.36. The molecule has 0 N–H and O–H groups in total. The molecule has 3 atom stereocenters. The lowest BCUT2D eigenvalue weighted by Gasteiger charge is -2.47. The molecule has 1 aliphatic rings. The van der Waals surface area contributed by atoms with E-state index in [2.05, 4.69) is 19.6 Å². The molecule has 0 unspecified atom stereocenters. The number of carbonyl (C=O) groups is 2. The molecule has 1 aliphatic heterocycles. The first kappa shape index (κ1) is 25.3. The first-order valence-corrected chi connectivity index (χ1v) is 12.2. The summed E-state index contributed by atoms with van der Waals surface area (Å²) in [7, 11) is 0. The van der Waals surface area contributed by atoms with Crippen molar-refractivity contribution in [3.63, 3.8) is 0 Å². The Labute approximate surface area is 207 Å². The van der Waals surface area contributed by atoms with E-state index in [-0.39, 0.29) is 29.7 Å². The second kappa shape index (κ2) is 11.2. The molecule has 0 saturated heterocycles. The summed E-state index contributed by atoms with van der Waals surface area (Å²) in [6, 6.07) is 15.3. The Bertz CT molecular complexity index is 1060. The van der Waals surface area contributed by atoms with Gasteiger partial charge in [-0.3, -0.25) is 4.79 Å². The molecule has 1 heterocycles. The van der Waals surface area contributed by atoms with E-state index in [1.807, 2.05) is 54.3 Å². The molecule has 0 bridgehead atoms. The van der Waals surface area contributed by atoms with Crippen molar-refractivity contribution in [1.82, 2.24) is 4.90 Å². The van der Waals surface area contributed by atoms with E-state index in [0.29, 0.717) is 29.3 Å². The van der Waals surface area contributed by atoms with Crippen molar-refractivity contribution in [3.05, 3.63) is 93.5 Å². The smallest absolute Gasteiger partial charge is 0.250 e. The van der Waals surface area contributed by atoms with Gasteiger partial charge in [-0.2, -0.15) is 0 Å². The van der Waals surface area contributed by atoms with E-state index in [4.69, 9.17) is 23.2 Å². The summed E-state index contributed by atoms with van der Waals surface area (Å²) in [5.41, 5.74) is 3.86. The number of benzene rings is 2. The third-order valence-electron chi connectivity index (χ3n) is 6.51. The topological polar surface area (TPSA) is 37.4 Å². The number of amides is 1. The largest absolute Gasteiger partial charge is 0.328 e. The average Bonchev–Trinajstić information content (AvgIpc) is 2.78. The van der Waals surface area contributed by atoms with Crippen molar-refractivity contribution in [1.29, 1.82) is 0 Å². The number of halogens is 2. The van der Waals surface area contributed by atoms with E-state index in [9.17, 15) is 9.59 Å². The summed E-state index contributed by atoms with van der Waals surface area (Å²) >= 11 is 12.6. The lowest BCUT2D eigenvalue weighted by Crippen LogP contribution is -2.49. The van der Waals surface area contributed by atoms with Gasteiger partial charge < -0.3 is 9.69 Å². The lowest BCUT2D eigenvalue weighted by atomic mass is 9.75. The Morgan fingerprint density at radius 2 is 1.82 bits per heavy atom. The molecule has 2 aromatic rings. The summed E-state index contributed by atoms with van der Waals surface area (Å²) < 4.78 is 0. The van der Waals surface area contributed by atoms with Crippen LogP contribution >= 0.6 is 23.2 Å². The van der Waals surface area contributed by atoms with Crippen LogP contribution in [0.15, 0.2) is 72.3 Å². The molecule has 0 aliphatic carbocycles. The Morgan fingerprint density at radius 1 is 1.12 bits per heavy atom. The Balaban J connectivity index is 2.26. The molecular weight excluding hydrogens is 453 g/mol. The first-order chi connectivity index (χ1) is 15.8. The van der Waals surface area contributed by atoms with Gasteiger partial charge in [0.05, 0.1) is 6.04 Å². The van der Waals surface area contributed by atoms with Gasteiger partial charge in [-0.25, -0.2) is 0 Å². The highest BCUT2D eigenvalue weighted by molar-refractivity contribution is 6.30. The fraction of sp³-hybridized carbons (Fsp3) is 0.357. The van der Waals surface area contributed by atoms with Gasteiger partial charge in [0.1, 0.15) is 5.78 Å². The monoisotopic (exact) mass is 483 g/mol. The molecule has 33 heavy (non-hydrogen) atoms. The maximum atomic E-state index is 13.9. The van der Waals surface area contributed by atoms with Crippen molar-refractivity contribution >= 4 is 34.9 Å². The lowest BCUT2D eigenvalue weighted by molar-refractivity contribution is -0.135. The number of carbonyl (C=O) groups excluding carboxylic acids is 2. The quantitative estimate of drug-likeness (QED) is 0.342. The van der Waals surface area contributed by atoms with Crippen LogP contribution in [0.25, 0.3) is 0 Å². The van der Waals surface area contributed by atoms with Crippen LogP contribution in [-0.2, 0) is 9.59 Å². The maximum Gasteiger partial charge on any atom is 0.250 e. The predicted octanol–water partition coefficient (Wildman–Crippen LogP) is 7.70. The van der Waals surface area contributed by atoms with E-state index >= 15 is 0 Å². The maximum absolute atomic E-state index is 13.9. The number of hydrogen-bond acceptors (Lipinski definition) is 2. The molecule has 0 radical (unpaired) electrons. The molecule has 3 rings (SSSR count). The SMILES string of the molecule is C=CCC1=C(C)[C@H](c2cccc(Cl)c2)[C@@H](c2ccc(Cl)cc2)N([C@@H](CC)CCC(C)=O)C1=O. The van der Waals surface area contributed by atoms with Crippen molar-refractivity contribution in [2.75, 3.05) is 0 Å². The minimum atomic E-state index is -0.237. The molecule has 2 aromatic carbocycles. The van der Waals surface area contributed by atoms with Crippen LogP contribution in [0.3, 0.4) is 0 Å². The third-order valence-corrected chi connectivity index (χ3v) is 7.00. The van der Waals surface area contributed by atoms with Gasteiger partial charge in [0.25, 0.3) is 5.91 Å². The van der Waals surface area contributed by atoms with Crippen LogP contribution in [-0.4, -0.2) is 22.6 Å². The number of hydrogen-bond donors (Lipinski definition) is 0. The molecule has 3 nitrogen and oxygen atoms in total. The van der Waals surface area contributed by atoms with Gasteiger partial charge in [0.15, 0.2) is 0 Å². The van der Waals surface area contributed by atoms with E-state index in [1.165, 1.54) is 0 Å². The molecular formula is C28H31Cl2NO2. The number of ketones is 1. The number of allylic oxidation sites excluding steroid dienone is 1. The Morgan fingerprint density at radius 3 is 2.39 bits per heavy atom. The number of Topliss-reactive ketones (excluding diaryl/α,β-unsaturated/α-hetero) is 1. The highest BCUT2D eigenvalue weighted by Crippen LogP contribution is 2.48. The molecule has 174 valence electrons. The van der Waals surface area contributed by atoms with Crippen LogP contribution < -0.4 is 0 Å². The van der Waals surface area contributed by atoms with E-state index in [0.717, 1.165) is 28.7 Å². The van der Waals surface area contributed by atoms with Crippen molar-refractivity contribution in [2.24, 2.45) is 0 Å². The zero-order valence-electron chi connectivity index (χ0n) is 19.5. The predicted molar refractivity (Wildman–Crippen MR) is 137 cm³/mol. The molecule has 0 spiro atoms. The molecule has 1 amide bonds. The van der Waals surface area contributed by atoms with Crippen molar-refractivity contribution in [3.8, 4) is 0 Å². The standard InChI is InChI=1S/C28H31Cl2NO2/c1-5-8-25-19(4)26(21-9-7-10-23(30)17-21)27(20-12-14-22(29)15-13-20)31(28(25)33)24(6-2)16-11-18(3)32/h5,7,9-10,12-15,17,24,26-27H,1,6,8,11,16H2,2-4H3/t24-,26+,27+/m0/s1. The minimum Gasteiger partial charge on any atom is -0.328 e. The van der Waals surface area contributed by atoms with Crippen molar-refractivity contribution < 1.29 is 9.59 Å². The Kier molecular flexibility index (Phi) is 8.56. The van der Waals surface area contributed by atoms with Gasteiger partial charge in [-0.05, 0) is 68.5 Å². The van der Waals surface area contributed by atoms with Crippen LogP contribution in [0.1, 0.15) is 69.5 Å². The van der Waals surface area contributed by atoms with Gasteiger partial charge >= 0.3 is 0 Å². The molecule has 5 heteroatoms. The molecule has 0 fully saturated rings. The number of nitrogens with zero attached hydrogens (tertiary/aromatic N) is 1. The summed E-state index contributed by atoms with van der Waals surface area (Å²) in [5, 5.41) is 1.31. The van der Waals surface area contributed by atoms with Crippen LogP contribution in [0.5, 0.6) is 0 Å². The van der Waals surface area contributed by atoms with E-state index < -0.39 is 0 Å². The fourth-order valence-electron chi connectivity index (χ4n) is 4.88. The highest BCUT2D eigenvalue weighted by Gasteiger charge is 2.43. The first-order valence-electron chi connectivity index (χ1n) is 11.4. The molecule has 0 aromatic heterocycles. The highest BCUT2D eigenvalue weighted by atomic mass is 35.5. The van der Waals surface area contributed by atoms with Crippen LogP contribution in [0, 0.1) is 0 Å². The summed E-state index contributed by atoms with van der Waals surface area (Å²) in [6.07, 6.45) is 4.10. The van der Waals surface area contributed by atoms with Gasteiger partial charge in [-0.1, -0.05) is 66.0 Å². The zero-order valence-corrected chi connectivity index (χ0v) is 21.0. The summed E-state index contributed by atoms with van der Waals surface area (Å²) in [5.74, 6) is 0.0651. The molecule has 0 saturated carbocycles. The van der Waals surface area contributed by atoms with Crippen LogP contribution in [0.4, 0.5) is 0 Å². The van der Waals surface area contributed by atoms with E-state index in [1.54, 1.807) is 13.0 Å². The number of rotatable bonds is 9. The third kappa shape index (κ3) is 5.59. The van der Waals surface area contributed by atoms with Gasteiger partial charge in [0.2, 0.25) is 0 Å². The van der Waals surface area contributed by atoms with Gasteiger partial charge in [0, 0.05) is 34.0 Å². The fourth-order valence-corrected chi connectivity index (χ4v) is 5.20.